The Balaban J connectivity index is 0.000000119. The number of carbonyl (C=O) groups excluding carboxylic acids is 5. The molecule has 10 aliphatic rings. The first-order chi connectivity index (χ1) is 63.0. The topological polar surface area (TPSA) is 301 Å². The number of nitrogens with zero attached hydrogens (tertiary/aromatic N) is 20. The SMILES string of the molecule is Cc1ccc(N2CCN(C(=O)Nc3ccc(C4CC4)c(F)c3)CC2)nn1.Cc1ccc(N2CCN(C(=O)Nc3ccc(C4CC4)cc3F)CC2)nn1.Cc1ccc(N2CCN(C(=O)Nc3ccc(C4CC4)cc3F)CC2)nn1.Cc1ccc(N2CCN(C(=O)Oc3ccc(C4CC4)c(F)c3)CC2)nn1.Cc1ccc(N2CCN(C(=O)Oc3ccc(C4CC4)c(F)c3)CC2)nn1. The van der Waals surface area contributed by atoms with E-state index in [1.165, 1.54) is 18.2 Å². The van der Waals surface area contributed by atoms with Gasteiger partial charge in [0.25, 0.3) is 0 Å². The normalized spacial score (nSPS) is 17.3. The molecular weight excluding hydrogens is 1670 g/mol. The molecule has 0 unspecified atom stereocenters. The highest BCUT2D eigenvalue weighted by Crippen LogP contribution is 2.46. The Morgan fingerprint density at radius 2 is 0.531 bits per heavy atom. The van der Waals surface area contributed by atoms with Crippen LogP contribution in [-0.2, 0) is 0 Å². The van der Waals surface area contributed by atoms with Gasteiger partial charge in [0.1, 0.15) is 40.6 Å². The number of nitrogens with one attached hydrogen (secondary N) is 3. The molecule has 0 atom stereocenters. The van der Waals surface area contributed by atoms with Crippen LogP contribution < -0.4 is 49.9 Å². The maximum atomic E-state index is 14.2. The molecule has 5 aliphatic heterocycles. The van der Waals surface area contributed by atoms with Gasteiger partial charge in [0.05, 0.1) is 39.8 Å². The average Bonchev–Trinajstić information content (AvgIpc) is 1.81. The number of aryl methyl sites for hydroxylation is 5. The van der Waals surface area contributed by atoms with E-state index in [4.69, 9.17) is 9.47 Å². The van der Waals surface area contributed by atoms with Crippen molar-refractivity contribution in [3.05, 3.63) is 237 Å². The average molecular weight is 1780 g/mol. The van der Waals surface area contributed by atoms with E-state index in [9.17, 15) is 45.9 Å². The van der Waals surface area contributed by atoms with E-state index in [1.807, 2.05) is 107 Å². The molecule has 10 aromatic rings. The predicted octanol–water partition coefficient (Wildman–Crippen LogP) is 15.7. The Kier molecular flexibility index (Phi) is 28.5. The van der Waals surface area contributed by atoms with Crippen molar-refractivity contribution in [1.29, 1.82) is 0 Å². The maximum Gasteiger partial charge on any atom is 0.415 e. The van der Waals surface area contributed by atoms with Gasteiger partial charge in [-0.25, -0.2) is 45.9 Å². The summed E-state index contributed by atoms with van der Waals surface area (Å²) >= 11 is 0. The quantitative estimate of drug-likeness (QED) is 0.0803. The highest BCUT2D eigenvalue weighted by molar-refractivity contribution is 5.91. The maximum absolute atomic E-state index is 14.2. The van der Waals surface area contributed by atoms with Crippen LogP contribution in [0.5, 0.6) is 11.5 Å². The molecule has 8 amide bonds. The lowest BCUT2D eigenvalue weighted by Crippen LogP contribution is -2.50. The summed E-state index contributed by atoms with van der Waals surface area (Å²) in [5.74, 6) is 5.05. The van der Waals surface area contributed by atoms with Crippen molar-refractivity contribution < 1.29 is 55.4 Å². The minimum atomic E-state index is -0.446. The second kappa shape index (κ2) is 41.3. The number of hydrogen-bond acceptors (Lipinski definition) is 22. The van der Waals surface area contributed by atoms with Crippen LogP contribution in [0.4, 0.5) is 92.1 Å². The number of rotatable bonds is 15. The smallest absolute Gasteiger partial charge is 0.410 e. The van der Waals surface area contributed by atoms with E-state index in [0.717, 1.165) is 150 Å². The molecular formula is C95H108F5N23O7. The molecule has 130 heavy (non-hydrogen) atoms. The van der Waals surface area contributed by atoms with Crippen molar-refractivity contribution in [2.75, 3.05) is 171 Å². The number of carbonyl (C=O) groups is 5. The molecule has 680 valence electrons. The minimum absolute atomic E-state index is 0.196. The Morgan fingerprint density at radius 3 is 0.777 bits per heavy atom. The summed E-state index contributed by atoms with van der Waals surface area (Å²) in [4.78, 5) is 80.9. The fourth-order valence-corrected chi connectivity index (χ4v) is 15.9. The fourth-order valence-electron chi connectivity index (χ4n) is 15.9. The summed E-state index contributed by atoms with van der Waals surface area (Å²) < 4.78 is 81.4. The number of anilines is 8. The molecule has 5 saturated carbocycles. The van der Waals surface area contributed by atoms with Gasteiger partial charge in [0, 0.05) is 149 Å². The summed E-state index contributed by atoms with van der Waals surface area (Å²) in [7, 11) is 0. The van der Waals surface area contributed by atoms with E-state index < -0.39 is 12.2 Å². The van der Waals surface area contributed by atoms with Crippen LogP contribution in [0.3, 0.4) is 0 Å². The van der Waals surface area contributed by atoms with Gasteiger partial charge < -0.3 is 74.4 Å². The van der Waals surface area contributed by atoms with Gasteiger partial charge in [-0.15, -0.1) is 25.5 Å². The Morgan fingerprint density at radius 1 is 0.269 bits per heavy atom. The van der Waals surface area contributed by atoms with Crippen LogP contribution in [0.1, 0.15) is 150 Å². The summed E-state index contributed by atoms with van der Waals surface area (Å²) in [6, 6.07) is 43.2. The number of halogens is 5. The zero-order valence-electron chi connectivity index (χ0n) is 73.7. The molecule has 10 heterocycles. The zero-order valence-corrected chi connectivity index (χ0v) is 73.7. The molecule has 5 aromatic heterocycles. The van der Waals surface area contributed by atoms with Gasteiger partial charge in [0.2, 0.25) is 0 Å². The lowest BCUT2D eigenvalue weighted by atomic mass is 10.1. The Bertz CT molecular complexity index is 5120. The molecule has 5 aromatic carbocycles. The molecule has 35 heteroatoms. The first-order valence-electron chi connectivity index (χ1n) is 44.8. The second-order valence-corrected chi connectivity index (χ2v) is 34.5. The highest BCUT2D eigenvalue weighted by Gasteiger charge is 2.34. The monoisotopic (exact) mass is 1780 g/mol. The lowest BCUT2D eigenvalue weighted by Gasteiger charge is -2.35. The third-order valence-corrected chi connectivity index (χ3v) is 24.5. The first kappa shape index (κ1) is 89.9. The van der Waals surface area contributed by atoms with Crippen LogP contribution >= 0.6 is 0 Å². The number of benzene rings is 5. The zero-order chi connectivity index (χ0) is 90.5. The van der Waals surface area contributed by atoms with Crippen molar-refractivity contribution in [3.63, 3.8) is 0 Å². The van der Waals surface area contributed by atoms with Gasteiger partial charge in [-0.3, -0.25) is 0 Å². The number of piperazine rings is 5. The molecule has 5 aliphatic carbocycles. The highest BCUT2D eigenvalue weighted by atomic mass is 19.1. The lowest BCUT2D eigenvalue weighted by molar-refractivity contribution is 0.148. The van der Waals surface area contributed by atoms with Gasteiger partial charge >= 0.3 is 30.3 Å². The van der Waals surface area contributed by atoms with Crippen LogP contribution in [0.15, 0.2) is 152 Å². The van der Waals surface area contributed by atoms with Crippen LogP contribution in [-0.4, -0.2) is 237 Å². The van der Waals surface area contributed by atoms with E-state index in [2.05, 4.69) is 91.4 Å². The largest absolute Gasteiger partial charge is 0.415 e. The molecule has 3 N–H and O–H groups in total. The fraction of sp³-hybridized carbons (Fsp3) is 0.421. The summed E-state index contributed by atoms with van der Waals surface area (Å²) in [6.07, 6.45) is 9.85. The van der Waals surface area contributed by atoms with Crippen LogP contribution in [0, 0.1) is 63.7 Å². The summed E-state index contributed by atoms with van der Waals surface area (Å²) in [5.41, 5.74) is 9.61. The number of urea groups is 3. The number of aromatic nitrogens is 10. The van der Waals surface area contributed by atoms with Crippen LogP contribution in [0.25, 0.3) is 0 Å². The third kappa shape index (κ3) is 24.3. The summed E-state index contributed by atoms with van der Waals surface area (Å²) in [6.45, 7) is 21.7. The van der Waals surface area contributed by atoms with E-state index in [0.29, 0.717) is 166 Å². The molecule has 0 radical (unpaired) electrons. The van der Waals surface area contributed by atoms with E-state index in [1.54, 1.807) is 85.2 Å². The van der Waals surface area contributed by atoms with E-state index in [-0.39, 0.29) is 70.1 Å². The molecule has 0 bridgehead atoms. The van der Waals surface area contributed by atoms with Crippen molar-refractivity contribution >= 4 is 76.4 Å². The van der Waals surface area contributed by atoms with Crippen molar-refractivity contribution in [2.24, 2.45) is 0 Å². The first-order valence-corrected chi connectivity index (χ1v) is 44.8. The summed E-state index contributed by atoms with van der Waals surface area (Å²) in [5, 5.41) is 49.5. The van der Waals surface area contributed by atoms with E-state index >= 15 is 0 Å². The van der Waals surface area contributed by atoms with Gasteiger partial charge in [-0.1, -0.05) is 30.3 Å². The second-order valence-electron chi connectivity index (χ2n) is 34.5. The molecule has 5 saturated heterocycles. The third-order valence-electron chi connectivity index (χ3n) is 24.5. The molecule has 30 nitrogen and oxygen atoms in total. The molecule has 10 fully saturated rings. The Hall–Kier alpha value is -13.5. The van der Waals surface area contributed by atoms with Crippen molar-refractivity contribution in [2.45, 2.75) is 128 Å². The molecule has 0 spiro atoms. The predicted molar refractivity (Wildman–Crippen MR) is 484 cm³/mol. The number of hydrogen-bond donors (Lipinski definition) is 3. The standard InChI is InChI=1S/3C19H22FN5O.2C19H21FN4O2/c1-13-2-7-18(23-22-13)24-8-10-25(11-9-24)19(26)21-15-5-6-16(14-3-4-14)17(20)12-15;2*1-13-2-7-18(23-22-13)24-8-10-25(11-9-24)19(26)21-17-6-5-15(12-16(17)20)14-3-4-14;2*1-13-2-7-18(22-21-13)23-8-10-24(11-9-23)19(25)26-15-5-6-16(14-3-4-14)17(20)12-15/h3*2,5-7,12,14H,3-4,8-11H2,1H3,(H,21,26);2*2,5-7,12,14H,3-4,8-11H2,1H3. The van der Waals surface area contributed by atoms with Gasteiger partial charge in [-0.2, -0.15) is 25.5 Å². The molecule has 20 rings (SSSR count). The Labute approximate surface area is 751 Å². The number of amides is 8. The minimum Gasteiger partial charge on any atom is -0.410 e. The van der Waals surface area contributed by atoms with Crippen molar-refractivity contribution in [1.82, 2.24) is 75.5 Å². The van der Waals surface area contributed by atoms with Gasteiger partial charge in [0.15, 0.2) is 29.1 Å². The number of ether oxygens (including phenoxy) is 2. The van der Waals surface area contributed by atoms with Crippen molar-refractivity contribution in [3.8, 4) is 11.5 Å². The van der Waals surface area contributed by atoms with Gasteiger partial charge in [-0.05, 0) is 265 Å². The van der Waals surface area contributed by atoms with Crippen LogP contribution in [0.2, 0.25) is 0 Å².